The molecule has 0 heterocycles. The van der Waals surface area contributed by atoms with Crippen molar-refractivity contribution in [3.63, 3.8) is 0 Å². The van der Waals surface area contributed by atoms with Crippen LogP contribution in [0.2, 0.25) is 0 Å². The standard InChI is InChI=1S/C16H21F/c1-2-3-4-5-6-13-7-8-14-9-10-16(17)12-15(14)11-13/h9-12H,2-8H2,1H3. The van der Waals surface area contributed by atoms with Crippen molar-refractivity contribution in [1.29, 1.82) is 0 Å². The molecule has 0 atom stereocenters. The Hall–Kier alpha value is -1.11. The summed E-state index contributed by atoms with van der Waals surface area (Å²) in [7, 11) is 0. The molecule has 0 aliphatic heterocycles. The Morgan fingerprint density at radius 2 is 2.00 bits per heavy atom. The van der Waals surface area contributed by atoms with Crippen LogP contribution in [0.4, 0.5) is 4.39 Å². The van der Waals surface area contributed by atoms with E-state index in [0.29, 0.717) is 0 Å². The first-order chi connectivity index (χ1) is 8.29. The topological polar surface area (TPSA) is 0 Å². The van der Waals surface area contributed by atoms with Crippen LogP contribution in [0.15, 0.2) is 23.8 Å². The number of hydrogen-bond donors (Lipinski definition) is 0. The van der Waals surface area contributed by atoms with Crippen LogP contribution in [-0.4, -0.2) is 0 Å². The van der Waals surface area contributed by atoms with Crippen molar-refractivity contribution >= 4 is 6.08 Å². The Morgan fingerprint density at radius 1 is 1.12 bits per heavy atom. The quantitative estimate of drug-likeness (QED) is 0.618. The van der Waals surface area contributed by atoms with Gasteiger partial charge in [-0.1, -0.05) is 43.9 Å². The van der Waals surface area contributed by atoms with E-state index in [0.717, 1.165) is 18.4 Å². The van der Waals surface area contributed by atoms with Gasteiger partial charge in [-0.15, -0.1) is 0 Å². The molecule has 1 aromatic rings. The third-order valence-electron chi connectivity index (χ3n) is 3.53. The molecule has 0 N–H and O–H groups in total. The molecule has 92 valence electrons. The molecule has 1 aliphatic carbocycles. The molecule has 0 fully saturated rings. The highest BCUT2D eigenvalue weighted by atomic mass is 19.1. The van der Waals surface area contributed by atoms with Gasteiger partial charge in [0.1, 0.15) is 5.82 Å². The van der Waals surface area contributed by atoms with Crippen LogP contribution in [0, 0.1) is 5.82 Å². The lowest BCUT2D eigenvalue weighted by Gasteiger charge is -2.16. The second-order valence-corrected chi connectivity index (χ2v) is 4.96. The summed E-state index contributed by atoms with van der Waals surface area (Å²) in [6.45, 7) is 2.24. The zero-order valence-corrected chi connectivity index (χ0v) is 10.6. The van der Waals surface area contributed by atoms with Crippen molar-refractivity contribution in [2.45, 2.75) is 51.9 Å². The number of halogens is 1. The average molecular weight is 232 g/mol. The summed E-state index contributed by atoms with van der Waals surface area (Å²) in [6, 6.07) is 5.16. The first kappa shape index (κ1) is 12.3. The lowest BCUT2D eigenvalue weighted by Crippen LogP contribution is -2.00. The second-order valence-electron chi connectivity index (χ2n) is 4.96. The van der Waals surface area contributed by atoms with Gasteiger partial charge in [0.05, 0.1) is 0 Å². The maximum atomic E-state index is 13.1. The molecule has 1 heteroatoms. The van der Waals surface area contributed by atoms with Gasteiger partial charge in [0.15, 0.2) is 0 Å². The SMILES string of the molecule is CCCCCCC1=Cc2cc(F)ccc2CC1. The number of allylic oxidation sites excluding steroid dienone is 1. The molecule has 0 saturated carbocycles. The van der Waals surface area contributed by atoms with Gasteiger partial charge in [-0.2, -0.15) is 0 Å². The lowest BCUT2D eigenvalue weighted by molar-refractivity contribution is 0.625. The van der Waals surface area contributed by atoms with Gasteiger partial charge in [-0.3, -0.25) is 0 Å². The van der Waals surface area contributed by atoms with E-state index in [-0.39, 0.29) is 5.82 Å². The molecule has 0 unspecified atom stereocenters. The normalized spacial score (nSPS) is 14.4. The van der Waals surface area contributed by atoms with E-state index < -0.39 is 0 Å². The minimum atomic E-state index is -0.118. The second kappa shape index (κ2) is 6.00. The third-order valence-corrected chi connectivity index (χ3v) is 3.53. The van der Waals surface area contributed by atoms with Crippen molar-refractivity contribution < 1.29 is 4.39 Å². The van der Waals surface area contributed by atoms with Gasteiger partial charge in [-0.05, 0) is 48.9 Å². The van der Waals surface area contributed by atoms with E-state index in [1.165, 1.54) is 43.2 Å². The van der Waals surface area contributed by atoms with Crippen LogP contribution >= 0.6 is 0 Å². The summed E-state index contributed by atoms with van der Waals surface area (Å²) >= 11 is 0. The summed E-state index contributed by atoms with van der Waals surface area (Å²) in [4.78, 5) is 0. The fourth-order valence-electron chi connectivity index (χ4n) is 2.49. The van der Waals surface area contributed by atoms with Gasteiger partial charge >= 0.3 is 0 Å². The Balaban J connectivity index is 1.97. The van der Waals surface area contributed by atoms with Crippen molar-refractivity contribution in [2.24, 2.45) is 0 Å². The summed E-state index contributed by atoms with van der Waals surface area (Å²) in [5.74, 6) is -0.118. The van der Waals surface area contributed by atoms with E-state index in [4.69, 9.17) is 0 Å². The van der Waals surface area contributed by atoms with E-state index in [9.17, 15) is 4.39 Å². The summed E-state index contributed by atoms with van der Waals surface area (Å²) in [6.07, 6.45) is 10.9. The highest BCUT2D eigenvalue weighted by Crippen LogP contribution is 2.27. The Morgan fingerprint density at radius 3 is 2.82 bits per heavy atom. The maximum Gasteiger partial charge on any atom is 0.123 e. The van der Waals surface area contributed by atoms with Gasteiger partial charge in [0.2, 0.25) is 0 Å². The van der Waals surface area contributed by atoms with Crippen molar-refractivity contribution in [2.75, 3.05) is 0 Å². The molecular formula is C16H21F. The monoisotopic (exact) mass is 232 g/mol. The fourth-order valence-corrected chi connectivity index (χ4v) is 2.49. The first-order valence-electron chi connectivity index (χ1n) is 6.77. The smallest absolute Gasteiger partial charge is 0.123 e. The molecule has 0 spiro atoms. The molecule has 2 rings (SSSR count). The summed E-state index contributed by atoms with van der Waals surface area (Å²) < 4.78 is 13.1. The van der Waals surface area contributed by atoms with Gasteiger partial charge < -0.3 is 0 Å². The number of unbranched alkanes of at least 4 members (excludes halogenated alkanes) is 3. The van der Waals surface area contributed by atoms with Crippen molar-refractivity contribution in [1.82, 2.24) is 0 Å². The summed E-state index contributed by atoms with van der Waals surface area (Å²) in [5, 5.41) is 0. The molecular weight excluding hydrogens is 211 g/mol. The van der Waals surface area contributed by atoms with E-state index in [2.05, 4.69) is 13.0 Å². The minimum absolute atomic E-state index is 0.118. The molecule has 17 heavy (non-hydrogen) atoms. The molecule has 0 amide bonds. The molecule has 0 bridgehead atoms. The number of hydrogen-bond acceptors (Lipinski definition) is 0. The highest BCUT2D eigenvalue weighted by molar-refractivity contribution is 5.59. The van der Waals surface area contributed by atoms with Crippen molar-refractivity contribution in [3.8, 4) is 0 Å². The van der Waals surface area contributed by atoms with Crippen LogP contribution in [0.1, 0.15) is 56.6 Å². The predicted molar refractivity (Wildman–Crippen MR) is 71.5 cm³/mol. The van der Waals surface area contributed by atoms with Crippen LogP contribution < -0.4 is 0 Å². The van der Waals surface area contributed by atoms with Crippen LogP contribution in [0.25, 0.3) is 6.08 Å². The molecule has 1 aliphatic rings. The molecule has 0 nitrogen and oxygen atoms in total. The predicted octanol–water partition coefficient (Wildman–Crippen LogP) is 5.13. The molecule has 0 saturated heterocycles. The Labute approximate surface area is 104 Å². The van der Waals surface area contributed by atoms with Crippen LogP contribution in [-0.2, 0) is 6.42 Å². The number of fused-ring (bicyclic) bond motifs is 1. The minimum Gasteiger partial charge on any atom is -0.207 e. The molecule has 0 aromatic heterocycles. The fraction of sp³-hybridized carbons (Fsp3) is 0.500. The third kappa shape index (κ3) is 3.42. The zero-order chi connectivity index (χ0) is 12.1. The maximum absolute atomic E-state index is 13.1. The van der Waals surface area contributed by atoms with Crippen LogP contribution in [0.5, 0.6) is 0 Å². The number of rotatable bonds is 5. The summed E-state index contributed by atoms with van der Waals surface area (Å²) in [5.41, 5.74) is 3.89. The first-order valence-corrected chi connectivity index (χ1v) is 6.77. The van der Waals surface area contributed by atoms with Gasteiger partial charge in [-0.25, -0.2) is 4.39 Å². The molecule has 0 radical (unpaired) electrons. The highest BCUT2D eigenvalue weighted by Gasteiger charge is 2.10. The Kier molecular flexibility index (Phi) is 4.36. The van der Waals surface area contributed by atoms with E-state index in [1.54, 1.807) is 12.1 Å². The zero-order valence-electron chi connectivity index (χ0n) is 10.6. The van der Waals surface area contributed by atoms with Crippen molar-refractivity contribution in [3.05, 3.63) is 40.7 Å². The average Bonchev–Trinajstić information content (AvgIpc) is 2.34. The number of benzene rings is 1. The van der Waals surface area contributed by atoms with Gasteiger partial charge in [0.25, 0.3) is 0 Å². The van der Waals surface area contributed by atoms with E-state index in [1.807, 2.05) is 6.07 Å². The lowest BCUT2D eigenvalue weighted by atomic mass is 9.89. The van der Waals surface area contributed by atoms with Gasteiger partial charge in [0, 0.05) is 0 Å². The number of aryl methyl sites for hydroxylation is 1. The van der Waals surface area contributed by atoms with Crippen LogP contribution in [0.3, 0.4) is 0 Å². The van der Waals surface area contributed by atoms with E-state index >= 15 is 0 Å². The largest absolute Gasteiger partial charge is 0.207 e. The molecule has 1 aromatic carbocycles. The Bertz CT molecular complexity index is 404.